The van der Waals surface area contributed by atoms with Gasteiger partial charge in [-0.15, -0.1) is 11.3 Å². The van der Waals surface area contributed by atoms with Crippen molar-refractivity contribution in [1.82, 2.24) is 25.5 Å². The maximum atomic E-state index is 15.4. The highest BCUT2D eigenvalue weighted by atomic mass is 32.1. The number of thiocarbonyl (C=S) groups is 1. The van der Waals surface area contributed by atoms with Crippen LogP contribution in [0.3, 0.4) is 0 Å². The van der Waals surface area contributed by atoms with Gasteiger partial charge in [-0.25, -0.2) is 14.4 Å². The molecule has 21 heteroatoms. The summed E-state index contributed by atoms with van der Waals surface area (Å²) >= 11 is 7.07. The summed E-state index contributed by atoms with van der Waals surface area (Å²) in [5.41, 5.74) is -0.148. The molecule has 4 heterocycles. The third-order valence-electron chi connectivity index (χ3n) is 12.4. The number of nitrogens with zero attached hydrogens (tertiary/aromatic N) is 6. The number of nitriles is 1. The molecular weight excluding hydrogens is 989 g/mol. The highest BCUT2D eigenvalue weighted by Crippen LogP contribution is 2.42. The summed E-state index contributed by atoms with van der Waals surface area (Å²) in [4.78, 5) is 67.9. The van der Waals surface area contributed by atoms with Gasteiger partial charge in [0.1, 0.15) is 35.5 Å². The van der Waals surface area contributed by atoms with Gasteiger partial charge >= 0.3 is 6.18 Å². The molecule has 2 fully saturated rings. The number of halogens is 4. The van der Waals surface area contributed by atoms with Crippen LogP contribution in [0.5, 0.6) is 11.6 Å². The number of benzene rings is 3. The largest absolute Gasteiger partial charge is 0.491 e. The van der Waals surface area contributed by atoms with Crippen molar-refractivity contribution >= 4 is 63.7 Å². The average Bonchev–Trinajstić information content (AvgIpc) is 4.07. The van der Waals surface area contributed by atoms with Gasteiger partial charge in [0.25, 0.3) is 11.8 Å². The third kappa shape index (κ3) is 12.1. The lowest BCUT2D eigenvalue weighted by molar-refractivity contribution is -0.142. The lowest BCUT2D eigenvalue weighted by Crippen LogP contribution is -2.57. The molecule has 7 rings (SSSR count). The van der Waals surface area contributed by atoms with Crippen LogP contribution in [0.25, 0.3) is 10.4 Å². The Bertz CT molecular complexity index is 2880. The number of aryl methyl sites for hydroxylation is 1. The van der Waals surface area contributed by atoms with E-state index in [1.165, 1.54) is 37.1 Å². The normalized spacial score (nSPS) is 16.1. The van der Waals surface area contributed by atoms with Crippen LogP contribution in [0, 0.1) is 29.5 Å². The van der Waals surface area contributed by atoms with E-state index in [4.69, 9.17) is 31.7 Å². The Hall–Kier alpha value is -7.02. The van der Waals surface area contributed by atoms with E-state index in [0.29, 0.717) is 60.9 Å². The lowest BCUT2D eigenvalue weighted by atomic mass is 9.85. The van der Waals surface area contributed by atoms with Gasteiger partial charge in [-0.05, 0) is 105 Å². The molecule has 15 nitrogen and oxygen atoms in total. The molecule has 2 saturated heterocycles. The monoisotopic (exact) mass is 1040 g/mol. The number of thiazole rings is 1. The quantitative estimate of drug-likeness (QED) is 0.0485. The summed E-state index contributed by atoms with van der Waals surface area (Å²) in [6.07, 6.45) is -2.15. The van der Waals surface area contributed by atoms with E-state index in [-0.39, 0.29) is 42.6 Å². The Morgan fingerprint density at radius 2 is 1.68 bits per heavy atom. The average molecular weight is 1040 g/mol. The second kappa shape index (κ2) is 22.4. The zero-order valence-electron chi connectivity index (χ0n) is 41.0. The van der Waals surface area contributed by atoms with Crippen LogP contribution in [0.4, 0.5) is 28.9 Å². The zero-order valence-corrected chi connectivity index (χ0v) is 42.6. The maximum absolute atomic E-state index is 15.4. The second-order valence-corrected chi connectivity index (χ2v) is 20.2. The first-order valence-electron chi connectivity index (χ1n) is 23.4. The molecule has 384 valence electrons. The van der Waals surface area contributed by atoms with E-state index in [1.54, 1.807) is 46.6 Å². The van der Waals surface area contributed by atoms with Crippen LogP contribution in [-0.2, 0) is 31.8 Å². The molecule has 0 bridgehead atoms. The Morgan fingerprint density at radius 1 is 0.959 bits per heavy atom. The summed E-state index contributed by atoms with van der Waals surface area (Å²) in [7, 11) is 0. The molecule has 0 spiro atoms. The van der Waals surface area contributed by atoms with E-state index in [9.17, 15) is 32.3 Å². The number of aromatic nitrogens is 2. The fraction of sp³-hybridized carbons (Fsp3) is 0.385. The van der Waals surface area contributed by atoms with Crippen molar-refractivity contribution in [2.24, 2.45) is 5.41 Å². The number of hydrogen-bond acceptors (Lipinski definition) is 12. The number of rotatable bonds is 18. The van der Waals surface area contributed by atoms with Crippen LogP contribution in [0.15, 0.2) is 84.5 Å². The molecule has 0 aliphatic carbocycles. The number of carbonyl (C=O) groups excluding carboxylic acids is 4. The van der Waals surface area contributed by atoms with Crippen LogP contribution >= 0.6 is 23.6 Å². The number of carbonyl (C=O) groups is 4. The van der Waals surface area contributed by atoms with E-state index >= 15 is 4.39 Å². The minimum absolute atomic E-state index is 0.218. The van der Waals surface area contributed by atoms with Gasteiger partial charge in [-0.1, -0.05) is 45.0 Å². The molecule has 1 unspecified atom stereocenters. The summed E-state index contributed by atoms with van der Waals surface area (Å²) in [6, 6.07) is 19.0. The van der Waals surface area contributed by atoms with Crippen molar-refractivity contribution in [3.8, 4) is 28.1 Å². The first-order chi connectivity index (χ1) is 34.6. The highest BCUT2D eigenvalue weighted by Gasteiger charge is 2.52. The van der Waals surface area contributed by atoms with Crippen molar-refractivity contribution in [1.29, 1.82) is 5.26 Å². The Labute approximate surface area is 429 Å². The number of likely N-dealkylation sites (tertiary alicyclic amines) is 1. The number of ether oxygens (including phenoxy) is 3. The number of pyridine rings is 1. The Morgan fingerprint density at radius 3 is 2.32 bits per heavy atom. The maximum Gasteiger partial charge on any atom is 0.420 e. The molecule has 5 aromatic rings. The van der Waals surface area contributed by atoms with Crippen molar-refractivity contribution in [3.63, 3.8) is 0 Å². The van der Waals surface area contributed by atoms with Crippen molar-refractivity contribution < 1.29 is 51.0 Å². The van der Waals surface area contributed by atoms with E-state index in [0.717, 1.165) is 33.8 Å². The molecule has 73 heavy (non-hydrogen) atoms. The molecule has 0 saturated carbocycles. The summed E-state index contributed by atoms with van der Waals surface area (Å²) in [5.74, 6) is -2.83. The minimum atomic E-state index is -5.20. The zero-order chi connectivity index (χ0) is 52.8. The van der Waals surface area contributed by atoms with Gasteiger partial charge in [-0.2, -0.15) is 18.4 Å². The van der Waals surface area contributed by atoms with Crippen molar-refractivity contribution in [2.45, 2.75) is 91.1 Å². The summed E-state index contributed by atoms with van der Waals surface area (Å²) in [6.45, 7) is 12.3. The van der Waals surface area contributed by atoms with E-state index in [2.05, 4.69) is 20.6 Å². The number of anilines is 2. The van der Waals surface area contributed by atoms with E-state index in [1.807, 2.05) is 57.5 Å². The fourth-order valence-electron chi connectivity index (χ4n) is 8.49. The molecule has 4 amide bonds. The number of nitrogens with one attached hydrogen (secondary N) is 2. The highest BCUT2D eigenvalue weighted by molar-refractivity contribution is 7.81. The third-order valence-corrected chi connectivity index (χ3v) is 13.7. The van der Waals surface area contributed by atoms with Gasteiger partial charge in [-0.3, -0.25) is 24.1 Å². The fourth-order valence-corrected chi connectivity index (χ4v) is 9.82. The number of amides is 4. The van der Waals surface area contributed by atoms with Crippen LogP contribution in [0.2, 0.25) is 0 Å². The van der Waals surface area contributed by atoms with Gasteiger partial charge in [0.15, 0.2) is 10.9 Å². The second-order valence-electron chi connectivity index (χ2n) is 18.9. The predicted molar refractivity (Wildman–Crippen MR) is 269 cm³/mol. The molecule has 2 atom stereocenters. The first kappa shape index (κ1) is 53.8. The molecule has 2 N–H and O–H groups in total. The molecule has 2 aromatic heterocycles. The summed E-state index contributed by atoms with van der Waals surface area (Å²) in [5, 5.41) is 14.8. The standard InChI is InChI=1S/C52H54F4N8O7S2/c1-31-43(73-30-60-31)33-12-10-32(11-13-33)28-59-46(66)39-9-7-22-62(39)47(67)44(50(2,3)4)61-45(65)34-14-18-37(19-15-34)70-26-25-69-23-8-24-71-40-21-17-36(29-58-40)64-49(72)63(48(68)51(64,5)6)38-20-16-35(27-57)41(42(38)53)52(54,55)56/h10-21,29-30,39,44H,7-9,22-26,28H2,1-6H3,(H,59,66)(H,61,65)/t39?,44-/m1/s1. The smallest absolute Gasteiger partial charge is 0.420 e. The van der Waals surface area contributed by atoms with Gasteiger partial charge in [0.2, 0.25) is 17.7 Å². The number of alkyl halides is 3. The van der Waals surface area contributed by atoms with Crippen molar-refractivity contribution in [3.05, 3.63) is 118 Å². The molecule has 2 aliphatic heterocycles. The predicted octanol–water partition coefficient (Wildman–Crippen LogP) is 8.78. The SMILES string of the molecule is Cc1ncsc1-c1ccc(CNC(=O)C2CCCN2C(=O)[C@@H](NC(=O)c2ccc(OCCOCCCOc3ccc(N4C(=S)N(c5ccc(C#N)c(C(F)(F)F)c5F)C(=O)C4(C)C)cn3)cc2)C(C)(C)C)cc1. The number of hydrogen-bond donors (Lipinski definition) is 2. The van der Waals surface area contributed by atoms with Gasteiger partial charge < -0.3 is 34.6 Å². The van der Waals surface area contributed by atoms with E-state index < -0.39 is 63.7 Å². The van der Waals surface area contributed by atoms with Crippen LogP contribution in [-0.4, -0.2) is 94.2 Å². The molecule has 2 aliphatic rings. The topological polar surface area (TPSA) is 179 Å². The van der Waals surface area contributed by atoms with Crippen LogP contribution < -0.4 is 29.9 Å². The van der Waals surface area contributed by atoms with Crippen LogP contribution in [0.1, 0.15) is 86.6 Å². The Kier molecular flexibility index (Phi) is 16.5. The van der Waals surface area contributed by atoms with Gasteiger partial charge in [0, 0.05) is 37.7 Å². The minimum Gasteiger partial charge on any atom is -0.491 e. The Balaban J connectivity index is 0.824. The van der Waals surface area contributed by atoms with Crippen molar-refractivity contribution in [2.75, 3.05) is 42.8 Å². The lowest BCUT2D eigenvalue weighted by Gasteiger charge is -2.35. The first-order valence-corrected chi connectivity index (χ1v) is 24.7. The molecule has 3 aromatic carbocycles. The van der Waals surface area contributed by atoms with Gasteiger partial charge in [0.05, 0.1) is 58.5 Å². The molecule has 0 radical (unpaired) electrons. The molecular formula is C52H54F4N8O7S2. The summed E-state index contributed by atoms with van der Waals surface area (Å²) < 4.78 is 73.8.